The number of carbonyl (C=O) groups excluding carboxylic acids is 1. The molecule has 0 spiro atoms. The Bertz CT molecular complexity index is 631. The number of aryl methyl sites for hydroxylation is 1. The van der Waals surface area contributed by atoms with Gasteiger partial charge in [-0.05, 0) is 24.6 Å². The molecule has 1 unspecified atom stereocenters. The second kappa shape index (κ2) is 5.73. The average Bonchev–Trinajstić information content (AvgIpc) is 2.37. The first-order chi connectivity index (χ1) is 9.30. The second-order valence-corrected chi connectivity index (χ2v) is 8.19. The van der Waals surface area contributed by atoms with Crippen LogP contribution in [-0.2, 0) is 9.84 Å². The number of carbonyl (C=O) groups is 1. The molecule has 0 N–H and O–H groups in total. The number of hydrogen-bond donors (Lipinski definition) is 0. The summed E-state index contributed by atoms with van der Waals surface area (Å²) >= 11 is 1.49. The van der Waals surface area contributed by atoms with Crippen LogP contribution in [0.25, 0.3) is 0 Å². The maximum Gasteiger partial charge on any atom is 0.257 e. The molecule has 1 aliphatic rings. The van der Waals surface area contributed by atoms with E-state index in [2.05, 4.69) is 0 Å². The Hall–Kier alpha value is -1.08. The summed E-state index contributed by atoms with van der Waals surface area (Å²) in [6.45, 7) is 2.04. The lowest BCUT2D eigenvalue weighted by Crippen LogP contribution is -2.50. The fraction of sp³-hybridized carbons (Fsp3) is 0.462. The van der Waals surface area contributed by atoms with Gasteiger partial charge in [0.2, 0.25) is 0 Å². The van der Waals surface area contributed by atoms with Crippen LogP contribution >= 0.6 is 11.8 Å². The molecule has 1 atom stereocenters. The molecule has 2 rings (SSSR count). The monoisotopic (exact) mass is 317 g/mol. The lowest BCUT2D eigenvalue weighted by Gasteiger charge is -2.34. The third-order valence-electron chi connectivity index (χ3n) is 3.19. The molecular weight excluding hydrogens is 301 g/mol. The zero-order valence-corrected chi connectivity index (χ0v) is 12.9. The van der Waals surface area contributed by atoms with Gasteiger partial charge in [-0.2, -0.15) is 11.8 Å². The van der Waals surface area contributed by atoms with Gasteiger partial charge in [0.05, 0.1) is 5.56 Å². The Morgan fingerprint density at radius 2 is 2.15 bits per heavy atom. The van der Waals surface area contributed by atoms with E-state index in [-0.39, 0.29) is 5.56 Å². The van der Waals surface area contributed by atoms with E-state index in [1.165, 1.54) is 28.8 Å². The highest BCUT2D eigenvalue weighted by molar-refractivity contribution is 8.00. The third kappa shape index (κ3) is 3.15. The quantitative estimate of drug-likeness (QED) is 0.833. The molecule has 110 valence electrons. The van der Waals surface area contributed by atoms with Crippen LogP contribution in [0, 0.1) is 12.7 Å². The van der Waals surface area contributed by atoms with Crippen molar-refractivity contribution < 1.29 is 17.6 Å². The topological polar surface area (TPSA) is 54.5 Å². The van der Waals surface area contributed by atoms with Crippen LogP contribution < -0.4 is 0 Å². The number of sulfone groups is 1. The van der Waals surface area contributed by atoms with Gasteiger partial charge in [-0.3, -0.25) is 4.79 Å². The lowest BCUT2D eigenvalue weighted by atomic mass is 10.1. The molecule has 0 bridgehead atoms. The highest BCUT2D eigenvalue weighted by atomic mass is 32.2. The lowest BCUT2D eigenvalue weighted by molar-refractivity contribution is 0.0745. The summed E-state index contributed by atoms with van der Waals surface area (Å²) in [5, 5.41) is -0.880. The fourth-order valence-corrected chi connectivity index (χ4v) is 4.93. The van der Waals surface area contributed by atoms with Crippen molar-refractivity contribution in [2.75, 3.05) is 24.3 Å². The minimum absolute atomic E-state index is 0.0730. The van der Waals surface area contributed by atoms with E-state index < -0.39 is 26.9 Å². The fourth-order valence-electron chi connectivity index (χ4n) is 2.12. The van der Waals surface area contributed by atoms with Crippen LogP contribution in [0.2, 0.25) is 0 Å². The van der Waals surface area contributed by atoms with Crippen LogP contribution in [0.4, 0.5) is 4.39 Å². The van der Waals surface area contributed by atoms with Crippen LogP contribution in [-0.4, -0.2) is 48.9 Å². The zero-order chi connectivity index (χ0) is 14.9. The maximum absolute atomic E-state index is 13.9. The van der Waals surface area contributed by atoms with Crippen molar-refractivity contribution in [1.82, 2.24) is 4.90 Å². The normalized spacial score (nSPS) is 19.9. The first kappa shape index (κ1) is 15.3. The summed E-state index contributed by atoms with van der Waals surface area (Å²) in [5.74, 6) is -0.178. The van der Waals surface area contributed by atoms with E-state index in [1.54, 1.807) is 13.0 Å². The van der Waals surface area contributed by atoms with Gasteiger partial charge in [-0.1, -0.05) is 6.07 Å². The average molecular weight is 317 g/mol. The van der Waals surface area contributed by atoms with Gasteiger partial charge >= 0.3 is 0 Å². The maximum atomic E-state index is 13.9. The number of amides is 1. The van der Waals surface area contributed by atoms with E-state index in [4.69, 9.17) is 0 Å². The molecule has 20 heavy (non-hydrogen) atoms. The molecule has 1 heterocycles. The van der Waals surface area contributed by atoms with Crippen molar-refractivity contribution in [3.63, 3.8) is 0 Å². The summed E-state index contributed by atoms with van der Waals surface area (Å²) in [6, 6.07) is 4.33. The van der Waals surface area contributed by atoms with Crippen LogP contribution in [0.1, 0.15) is 15.9 Å². The zero-order valence-electron chi connectivity index (χ0n) is 11.3. The molecular formula is C13H16FNO3S2. The predicted octanol–water partition coefficient (Wildman–Crippen LogP) is 1.69. The van der Waals surface area contributed by atoms with Crippen LogP contribution in [0.15, 0.2) is 18.2 Å². The molecule has 7 heteroatoms. The second-order valence-electron chi connectivity index (χ2n) is 4.84. The van der Waals surface area contributed by atoms with Gasteiger partial charge in [0.25, 0.3) is 5.91 Å². The Balaban J connectivity index is 2.35. The summed E-state index contributed by atoms with van der Waals surface area (Å²) < 4.78 is 37.4. The van der Waals surface area contributed by atoms with Gasteiger partial charge < -0.3 is 4.90 Å². The van der Waals surface area contributed by atoms with Crippen molar-refractivity contribution in [1.29, 1.82) is 0 Å². The molecule has 1 saturated heterocycles. The van der Waals surface area contributed by atoms with Crippen molar-refractivity contribution in [2.45, 2.75) is 12.3 Å². The third-order valence-corrected chi connectivity index (χ3v) is 5.84. The van der Waals surface area contributed by atoms with Crippen LogP contribution in [0.3, 0.4) is 0 Å². The summed E-state index contributed by atoms with van der Waals surface area (Å²) in [7, 11) is -3.39. The number of halogens is 1. The summed E-state index contributed by atoms with van der Waals surface area (Å²) in [6.07, 6.45) is 1.11. The molecule has 0 radical (unpaired) electrons. The first-order valence-electron chi connectivity index (χ1n) is 6.14. The van der Waals surface area contributed by atoms with Crippen molar-refractivity contribution in [2.24, 2.45) is 0 Å². The minimum Gasteiger partial charge on any atom is -0.320 e. The molecule has 1 aromatic rings. The van der Waals surface area contributed by atoms with Gasteiger partial charge in [0, 0.05) is 24.3 Å². The Labute approximate surface area is 122 Å². The van der Waals surface area contributed by atoms with Crippen LogP contribution in [0.5, 0.6) is 0 Å². The molecule has 1 aromatic carbocycles. The highest BCUT2D eigenvalue weighted by Gasteiger charge is 2.35. The van der Waals surface area contributed by atoms with Crippen molar-refractivity contribution in [3.05, 3.63) is 35.1 Å². The Kier molecular flexibility index (Phi) is 4.39. The number of nitrogens with zero attached hydrogens (tertiary/aromatic N) is 1. The largest absolute Gasteiger partial charge is 0.320 e. The Morgan fingerprint density at radius 1 is 1.45 bits per heavy atom. The highest BCUT2D eigenvalue weighted by Crippen LogP contribution is 2.23. The van der Waals surface area contributed by atoms with E-state index in [1.807, 2.05) is 0 Å². The van der Waals surface area contributed by atoms with Crippen molar-refractivity contribution in [3.8, 4) is 0 Å². The van der Waals surface area contributed by atoms with Gasteiger partial charge in [-0.15, -0.1) is 0 Å². The molecule has 4 nitrogen and oxygen atoms in total. The van der Waals surface area contributed by atoms with E-state index in [0.29, 0.717) is 23.6 Å². The van der Waals surface area contributed by atoms with E-state index in [9.17, 15) is 17.6 Å². The molecule has 0 aromatic heterocycles. The smallest absolute Gasteiger partial charge is 0.257 e. The number of benzene rings is 1. The number of hydrogen-bond acceptors (Lipinski definition) is 4. The SMILES string of the molecule is Cc1ccc(C(=O)N2CCSCC2S(C)(=O)=O)c(F)c1. The summed E-state index contributed by atoms with van der Waals surface area (Å²) in [4.78, 5) is 13.7. The first-order valence-corrected chi connectivity index (χ1v) is 9.25. The van der Waals surface area contributed by atoms with Gasteiger partial charge in [0.15, 0.2) is 9.84 Å². The van der Waals surface area contributed by atoms with Crippen molar-refractivity contribution >= 4 is 27.5 Å². The standard InChI is InChI=1S/C13H16FNO3S2/c1-9-3-4-10(11(14)7-9)13(16)15-5-6-19-8-12(15)20(2,17)18/h3-4,7,12H,5-6,8H2,1-2H3. The summed E-state index contributed by atoms with van der Waals surface area (Å²) in [5.41, 5.74) is 0.643. The van der Waals surface area contributed by atoms with Gasteiger partial charge in [-0.25, -0.2) is 12.8 Å². The molecule has 0 aliphatic carbocycles. The number of thioether (sulfide) groups is 1. The number of rotatable bonds is 2. The van der Waals surface area contributed by atoms with Gasteiger partial charge in [0.1, 0.15) is 11.2 Å². The molecule has 1 aliphatic heterocycles. The Morgan fingerprint density at radius 3 is 2.75 bits per heavy atom. The predicted molar refractivity (Wildman–Crippen MR) is 78.1 cm³/mol. The van der Waals surface area contributed by atoms with E-state index in [0.717, 1.165) is 6.26 Å². The molecule has 0 saturated carbocycles. The van der Waals surface area contributed by atoms with E-state index >= 15 is 0 Å². The molecule has 1 fully saturated rings. The molecule has 1 amide bonds. The minimum atomic E-state index is -3.39.